The van der Waals surface area contributed by atoms with Crippen molar-refractivity contribution in [2.75, 3.05) is 0 Å². The molecule has 0 heterocycles. The summed E-state index contributed by atoms with van der Waals surface area (Å²) in [6.07, 6.45) is 1.60. The second kappa shape index (κ2) is 4.61. The van der Waals surface area contributed by atoms with Gasteiger partial charge < -0.3 is 0 Å². The van der Waals surface area contributed by atoms with Gasteiger partial charge in [-0.15, -0.1) is 6.42 Å². The normalized spacial score (nSPS) is 13.2. The lowest BCUT2D eigenvalue weighted by Gasteiger charge is -2.14. The van der Waals surface area contributed by atoms with Crippen LogP contribution in [-0.4, -0.2) is 0 Å². The maximum absolute atomic E-state index is 12.6. The van der Waals surface area contributed by atoms with E-state index in [-0.39, 0.29) is 11.5 Å². The summed E-state index contributed by atoms with van der Waals surface area (Å²) in [4.78, 5) is 0. The Bertz CT molecular complexity index is 410. The van der Waals surface area contributed by atoms with Gasteiger partial charge in [0.25, 0.3) is 0 Å². The van der Waals surface area contributed by atoms with Crippen LogP contribution >= 0.6 is 0 Å². The molecule has 0 aromatic heterocycles. The topological polar surface area (TPSA) is 0 Å². The summed E-state index contributed by atoms with van der Waals surface area (Å²) < 4.78 is 37.9. The first kappa shape index (κ1) is 12.6. The first-order valence-corrected chi connectivity index (χ1v) is 5.04. The summed E-state index contributed by atoms with van der Waals surface area (Å²) >= 11 is 0. The molecule has 0 bridgehead atoms. The second-order valence-corrected chi connectivity index (χ2v) is 3.70. The average molecular weight is 226 g/mol. The minimum Gasteiger partial charge on any atom is -0.166 e. The molecule has 0 aliphatic rings. The monoisotopic (exact) mass is 226 g/mol. The third kappa shape index (κ3) is 2.57. The Morgan fingerprint density at radius 3 is 2.44 bits per heavy atom. The standard InChI is InChI=1S/C13H13F3/c1-4-10(5-2)11-7-6-9(3)12(8-11)13(14,15)16/h1,6-8,10H,5H2,2-3H3. The largest absolute Gasteiger partial charge is 0.416 e. The second-order valence-electron chi connectivity index (χ2n) is 3.70. The Balaban J connectivity index is 3.23. The lowest BCUT2D eigenvalue weighted by molar-refractivity contribution is -0.138. The maximum Gasteiger partial charge on any atom is 0.416 e. The number of alkyl halides is 3. The molecule has 16 heavy (non-hydrogen) atoms. The molecule has 1 rings (SSSR count). The Morgan fingerprint density at radius 2 is 2.00 bits per heavy atom. The first-order valence-electron chi connectivity index (χ1n) is 5.04. The van der Waals surface area contributed by atoms with E-state index >= 15 is 0 Å². The van der Waals surface area contributed by atoms with Crippen LogP contribution < -0.4 is 0 Å². The highest BCUT2D eigenvalue weighted by molar-refractivity contribution is 5.37. The van der Waals surface area contributed by atoms with Gasteiger partial charge >= 0.3 is 6.18 Å². The molecule has 0 amide bonds. The molecule has 0 saturated carbocycles. The van der Waals surface area contributed by atoms with E-state index in [9.17, 15) is 13.2 Å². The highest BCUT2D eigenvalue weighted by atomic mass is 19.4. The van der Waals surface area contributed by atoms with E-state index in [4.69, 9.17) is 6.42 Å². The van der Waals surface area contributed by atoms with Crippen LogP contribution in [-0.2, 0) is 6.18 Å². The van der Waals surface area contributed by atoms with E-state index in [0.29, 0.717) is 12.0 Å². The number of halogens is 3. The number of aryl methyl sites for hydroxylation is 1. The molecule has 0 aliphatic carbocycles. The molecular formula is C13H13F3. The molecular weight excluding hydrogens is 213 g/mol. The fourth-order valence-electron chi connectivity index (χ4n) is 1.61. The Labute approximate surface area is 93.5 Å². The summed E-state index contributed by atoms with van der Waals surface area (Å²) in [6.45, 7) is 3.31. The van der Waals surface area contributed by atoms with Crippen LogP contribution in [0, 0.1) is 19.3 Å². The van der Waals surface area contributed by atoms with Gasteiger partial charge in [0.1, 0.15) is 0 Å². The zero-order valence-electron chi connectivity index (χ0n) is 9.23. The van der Waals surface area contributed by atoms with Crippen molar-refractivity contribution >= 4 is 0 Å². The minimum absolute atomic E-state index is 0.225. The number of hydrogen-bond donors (Lipinski definition) is 0. The molecule has 3 heteroatoms. The van der Waals surface area contributed by atoms with Crippen LogP contribution in [0.25, 0.3) is 0 Å². The molecule has 0 N–H and O–H groups in total. The molecule has 1 atom stereocenters. The molecule has 0 saturated heterocycles. The van der Waals surface area contributed by atoms with Gasteiger partial charge in [0.05, 0.1) is 5.56 Å². The lowest BCUT2D eigenvalue weighted by atomic mass is 9.94. The molecule has 1 aromatic rings. The minimum atomic E-state index is -4.31. The highest BCUT2D eigenvalue weighted by Crippen LogP contribution is 2.34. The van der Waals surface area contributed by atoms with Crippen LogP contribution in [0.5, 0.6) is 0 Å². The zero-order valence-corrected chi connectivity index (χ0v) is 9.23. The van der Waals surface area contributed by atoms with E-state index in [2.05, 4.69) is 5.92 Å². The van der Waals surface area contributed by atoms with E-state index in [0.717, 1.165) is 6.07 Å². The van der Waals surface area contributed by atoms with Crippen molar-refractivity contribution in [2.24, 2.45) is 0 Å². The number of rotatable bonds is 2. The molecule has 0 nitrogen and oxygen atoms in total. The predicted molar refractivity (Wildman–Crippen MR) is 58.0 cm³/mol. The van der Waals surface area contributed by atoms with Crippen molar-refractivity contribution in [3.63, 3.8) is 0 Å². The van der Waals surface area contributed by atoms with E-state index in [1.54, 1.807) is 6.07 Å². The summed E-state index contributed by atoms with van der Waals surface area (Å²) in [5.74, 6) is 2.25. The maximum atomic E-state index is 12.6. The molecule has 1 aromatic carbocycles. The molecule has 86 valence electrons. The van der Waals surface area contributed by atoms with Crippen LogP contribution in [0.15, 0.2) is 18.2 Å². The molecule has 0 spiro atoms. The van der Waals surface area contributed by atoms with Crippen LogP contribution in [0.3, 0.4) is 0 Å². The Kier molecular flexibility index (Phi) is 3.64. The van der Waals surface area contributed by atoms with E-state index < -0.39 is 11.7 Å². The number of hydrogen-bond acceptors (Lipinski definition) is 0. The van der Waals surface area contributed by atoms with Gasteiger partial charge in [-0.25, -0.2) is 0 Å². The molecule has 0 aliphatic heterocycles. The Hall–Kier alpha value is -1.43. The van der Waals surface area contributed by atoms with Gasteiger partial charge in [-0.1, -0.05) is 25.0 Å². The predicted octanol–water partition coefficient (Wildman–Crippen LogP) is 4.14. The first-order chi connectivity index (χ1) is 7.40. The van der Waals surface area contributed by atoms with Crippen LogP contribution in [0.2, 0.25) is 0 Å². The van der Waals surface area contributed by atoms with Crippen molar-refractivity contribution in [3.8, 4) is 12.3 Å². The third-order valence-electron chi connectivity index (χ3n) is 2.58. The zero-order chi connectivity index (χ0) is 12.3. The highest BCUT2D eigenvalue weighted by Gasteiger charge is 2.32. The fraction of sp³-hybridized carbons (Fsp3) is 0.385. The summed E-state index contributed by atoms with van der Waals surface area (Å²) in [5.41, 5.74) is 0.185. The van der Waals surface area contributed by atoms with Crippen molar-refractivity contribution in [1.82, 2.24) is 0 Å². The summed E-state index contributed by atoms with van der Waals surface area (Å²) in [5, 5.41) is 0. The fourth-order valence-corrected chi connectivity index (χ4v) is 1.61. The summed E-state index contributed by atoms with van der Waals surface area (Å²) in [6, 6.07) is 4.29. The number of benzene rings is 1. The van der Waals surface area contributed by atoms with Gasteiger partial charge in [0.2, 0.25) is 0 Å². The third-order valence-corrected chi connectivity index (χ3v) is 2.58. The number of terminal acetylenes is 1. The van der Waals surface area contributed by atoms with Gasteiger partial charge in [0.15, 0.2) is 0 Å². The van der Waals surface area contributed by atoms with Crippen LogP contribution in [0.1, 0.15) is 36.0 Å². The average Bonchev–Trinajstić information content (AvgIpc) is 2.20. The Morgan fingerprint density at radius 1 is 1.38 bits per heavy atom. The van der Waals surface area contributed by atoms with E-state index in [1.165, 1.54) is 13.0 Å². The quantitative estimate of drug-likeness (QED) is 0.665. The summed E-state index contributed by atoms with van der Waals surface area (Å²) in [7, 11) is 0. The lowest BCUT2D eigenvalue weighted by Crippen LogP contribution is -2.09. The molecule has 0 fully saturated rings. The molecule has 1 unspecified atom stereocenters. The van der Waals surface area contributed by atoms with E-state index in [1.807, 2.05) is 6.92 Å². The van der Waals surface area contributed by atoms with Crippen molar-refractivity contribution < 1.29 is 13.2 Å². The van der Waals surface area contributed by atoms with Gasteiger partial charge in [-0.2, -0.15) is 13.2 Å². The SMILES string of the molecule is C#CC(CC)c1ccc(C)c(C(F)(F)F)c1. The molecule has 0 radical (unpaired) electrons. The van der Waals surface area contributed by atoms with Gasteiger partial charge in [-0.3, -0.25) is 0 Å². The smallest absolute Gasteiger partial charge is 0.166 e. The van der Waals surface area contributed by atoms with Gasteiger partial charge in [0, 0.05) is 5.92 Å². The van der Waals surface area contributed by atoms with Crippen molar-refractivity contribution in [2.45, 2.75) is 32.4 Å². The van der Waals surface area contributed by atoms with Gasteiger partial charge in [-0.05, 0) is 30.5 Å². The van der Waals surface area contributed by atoms with Crippen molar-refractivity contribution in [3.05, 3.63) is 34.9 Å². The van der Waals surface area contributed by atoms with Crippen molar-refractivity contribution in [1.29, 1.82) is 0 Å². The van der Waals surface area contributed by atoms with Crippen LogP contribution in [0.4, 0.5) is 13.2 Å².